The Morgan fingerprint density at radius 2 is 2.11 bits per heavy atom. The Bertz CT molecular complexity index is 357. The summed E-state index contributed by atoms with van der Waals surface area (Å²) in [5.74, 6) is 0. The lowest BCUT2D eigenvalue weighted by atomic mass is 10.2. The highest BCUT2D eigenvalue weighted by Crippen LogP contribution is 2.05. The zero-order valence-corrected chi connectivity index (χ0v) is 12.0. The molecule has 6 heteroatoms. The van der Waals surface area contributed by atoms with Crippen molar-refractivity contribution in [1.82, 2.24) is 20.4 Å². The van der Waals surface area contributed by atoms with Crippen LogP contribution in [0.25, 0.3) is 0 Å². The number of aromatic nitrogens is 2. The van der Waals surface area contributed by atoms with Crippen molar-refractivity contribution in [1.29, 1.82) is 0 Å². The predicted molar refractivity (Wildman–Crippen MR) is 74.0 cm³/mol. The Balaban J connectivity index is 1.92. The molecule has 0 aliphatic heterocycles. The minimum Gasteiger partial charge on any atom is -0.444 e. The average molecular weight is 268 g/mol. The van der Waals surface area contributed by atoms with E-state index in [9.17, 15) is 4.79 Å². The summed E-state index contributed by atoms with van der Waals surface area (Å²) >= 11 is 0. The van der Waals surface area contributed by atoms with Gasteiger partial charge in [-0.05, 0) is 39.8 Å². The van der Waals surface area contributed by atoms with E-state index in [2.05, 4.69) is 15.7 Å². The fourth-order valence-electron chi connectivity index (χ4n) is 1.49. The van der Waals surface area contributed by atoms with E-state index in [-0.39, 0.29) is 6.09 Å². The monoisotopic (exact) mass is 268 g/mol. The molecule has 1 aromatic rings. The van der Waals surface area contributed by atoms with Gasteiger partial charge in [0.1, 0.15) is 5.60 Å². The quantitative estimate of drug-likeness (QED) is 0.733. The van der Waals surface area contributed by atoms with E-state index >= 15 is 0 Å². The molecule has 0 spiro atoms. The van der Waals surface area contributed by atoms with Crippen molar-refractivity contribution < 1.29 is 9.53 Å². The van der Waals surface area contributed by atoms with Gasteiger partial charge in [-0.1, -0.05) is 0 Å². The van der Waals surface area contributed by atoms with Gasteiger partial charge < -0.3 is 15.4 Å². The molecule has 1 amide bonds. The highest BCUT2D eigenvalue weighted by molar-refractivity contribution is 5.67. The van der Waals surface area contributed by atoms with Gasteiger partial charge in [0.25, 0.3) is 0 Å². The summed E-state index contributed by atoms with van der Waals surface area (Å²) in [5, 5.41) is 10.1. The second-order valence-electron chi connectivity index (χ2n) is 5.30. The lowest BCUT2D eigenvalue weighted by Crippen LogP contribution is -2.36. The topological polar surface area (TPSA) is 68.2 Å². The molecule has 0 aromatic carbocycles. The summed E-state index contributed by atoms with van der Waals surface area (Å²) in [6.07, 6.45) is 4.36. The fourth-order valence-corrected chi connectivity index (χ4v) is 1.49. The average Bonchev–Trinajstić information content (AvgIpc) is 2.78. The van der Waals surface area contributed by atoms with E-state index in [4.69, 9.17) is 4.74 Å². The molecule has 1 heterocycles. The molecule has 0 bridgehead atoms. The third kappa shape index (κ3) is 8.20. The smallest absolute Gasteiger partial charge is 0.407 e. The standard InChI is InChI=1S/C13H24N4O2/c1-13(2,3)19-12(18)15-9-8-14-6-4-10-17-11-5-7-16-17/h5,7,11,14H,4,6,8-10H2,1-3H3,(H,15,18). The first kappa shape index (κ1) is 15.5. The van der Waals surface area contributed by atoms with Crippen LogP contribution in [0.15, 0.2) is 18.5 Å². The molecule has 1 rings (SSSR count). The first-order valence-corrected chi connectivity index (χ1v) is 6.62. The van der Waals surface area contributed by atoms with Crippen LogP contribution in [0.2, 0.25) is 0 Å². The van der Waals surface area contributed by atoms with Crippen LogP contribution in [0.3, 0.4) is 0 Å². The normalized spacial score (nSPS) is 11.3. The van der Waals surface area contributed by atoms with Gasteiger partial charge in [0.05, 0.1) is 0 Å². The zero-order valence-electron chi connectivity index (χ0n) is 12.0. The Kier molecular flexibility index (Phi) is 6.35. The Labute approximate surface area is 114 Å². The van der Waals surface area contributed by atoms with Gasteiger partial charge >= 0.3 is 6.09 Å². The molecule has 0 atom stereocenters. The fraction of sp³-hybridized carbons (Fsp3) is 0.692. The first-order valence-electron chi connectivity index (χ1n) is 6.62. The number of hydrogen-bond donors (Lipinski definition) is 2. The maximum atomic E-state index is 11.3. The molecule has 6 nitrogen and oxygen atoms in total. The van der Waals surface area contributed by atoms with Crippen LogP contribution in [0, 0.1) is 0 Å². The molecule has 1 aromatic heterocycles. The van der Waals surface area contributed by atoms with Crippen LogP contribution < -0.4 is 10.6 Å². The molecular formula is C13H24N4O2. The zero-order chi connectivity index (χ0) is 14.1. The molecule has 0 unspecified atom stereocenters. The molecule has 2 N–H and O–H groups in total. The van der Waals surface area contributed by atoms with Crippen molar-refractivity contribution in [3.63, 3.8) is 0 Å². The predicted octanol–water partition coefficient (Wildman–Crippen LogP) is 1.39. The lowest BCUT2D eigenvalue weighted by molar-refractivity contribution is 0.0528. The number of carbonyl (C=O) groups excluding carboxylic acids is 1. The third-order valence-corrected chi connectivity index (χ3v) is 2.27. The number of ether oxygens (including phenoxy) is 1. The number of alkyl carbamates (subject to hydrolysis) is 1. The summed E-state index contributed by atoms with van der Waals surface area (Å²) in [5.41, 5.74) is -0.443. The molecule has 19 heavy (non-hydrogen) atoms. The van der Waals surface area contributed by atoms with Crippen LogP contribution in [-0.2, 0) is 11.3 Å². The first-order chi connectivity index (χ1) is 8.97. The number of hydrogen-bond acceptors (Lipinski definition) is 4. The minimum absolute atomic E-state index is 0.370. The van der Waals surface area contributed by atoms with Gasteiger partial charge in [0, 0.05) is 32.0 Å². The number of rotatable bonds is 7. The molecular weight excluding hydrogens is 244 g/mol. The maximum Gasteiger partial charge on any atom is 0.407 e. The van der Waals surface area contributed by atoms with Crippen molar-refractivity contribution in [2.75, 3.05) is 19.6 Å². The number of amides is 1. The molecule has 0 radical (unpaired) electrons. The van der Waals surface area contributed by atoms with E-state index in [1.54, 1.807) is 6.20 Å². The summed E-state index contributed by atoms with van der Waals surface area (Å²) < 4.78 is 7.03. The van der Waals surface area contributed by atoms with Gasteiger partial charge in [-0.2, -0.15) is 5.10 Å². The molecule has 0 saturated carbocycles. The maximum absolute atomic E-state index is 11.3. The van der Waals surface area contributed by atoms with Crippen LogP contribution in [0.1, 0.15) is 27.2 Å². The highest BCUT2D eigenvalue weighted by atomic mass is 16.6. The van der Waals surface area contributed by atoms with E-state index in [0.717, 1.165) is 26.1 Å². The number of aryl methyl sites for hydroxylation is 1. The van der Waals surface area contributed by atoms with E-state index in [0.29, 0.717) is 6.54 Å². The van der Waals surface area contributed by atoms with Gasteiger partial charge in [0.15, 0.2) is 0 Å². The summed E-state index contributed by atoms with van der Waals surface area (Å²) in [6, 6.07) is 1.91. The van der Waals surface area contributed by atoms with Gasteiger partial charge in [0.2, 0.25) is 0 Å². The molecule has 0 aliphatic carbocycles. The van der Waals surface area contributed by atoms with Crippen LogP contribution in [0.4, 0.5) is 4.79 Å². The molecule has 0 fully saturated rings. The highest BCUT2D eigenvalue weighted by Gasteiger charge is 2.15. The van der Waals surface area contributed by atoms with Crippen LogP contribution in [0.5, 0.6) is 0 Å². The lowest BCUT2D eigenvalue weighted by Gasteiger charge is -2.19. The van der Waals surface area contributed by atoms with Crippen LogP contribution in [-0.4, -0.2) is 41.1 Å². The van der Waals surface area contributed by atoms with E-state index in [1.807, 2.05) is 37.7 Å². The molecule has 108 valence electrons. The molecule has 0 saturated heterocycles. The second kappa shape index (κ2) is 7.78. The van der Waals surface area contributed by atoms with Gasteiger partial charge in [-0.25, -0.2) is 4.79 Å². The number of nitrogens with zero attached hydrogens (tertiary/aromatic N) is 2. The second-order valence-corrected chi connectivity index (χ2v) is 5.30. The van der Waals surface area contributed by atoms with Crippen molar-refractivity contribution in [2.45, 2.75) is 39.3 Å². The van der Waals surface area contributed by atoms with E-state index in [1.165, 1.54) is 0 Å². The van der Waals surface area contributed by atoms with Crippen molar-refractivity contribution >= 4 is 6.09 Å². The van der Waals surface area contributed by atoms with E-state index < -0.39 is 5.60 Å². The number of carbonyl (C=O) groups is 1. The SMILES string of the molecule is CC(C)(C)OC(=O)NCCNCCCn1cccn1. The summed E-state index contributed by atoms with van der Waals surface area (Å²) in [6.45, 7) is 8.64. The summed E-state index contributed by atoms with van der Waals surface area (Å²) in [7, 11) is 0. The third-order valence-electron chi connectivity index (χ3n) is 2.27. The van der Waals surface area contributed by atoms with Gasteiger partial charge in [-0.3, -0.25) is 4.68 Å². The largest absolute Gasteiger partial charge is 0.444 e. The Hall–Kier alpha value is -1.56. The van der Waals surface area contributed by atoms with Crippen LogP contribution >= 0.6 is 0 Å². The Morgan fingerprint density at radius 1 is 1.32 bits per heavy atom. The molecule has 0 aliphatic rings. The summed E-state index contributed by atoms with van der Waals surface area (Å²) in [4.78, 5) is 11.3. The van der Waals surface area contributed by atoms with Crippen molar-refractivity contribution in [3.8, 4) is 0 Å². The Morgan fingerprint density at radius 3 is 2.74 bits per heavy atom. The minimum atomic E-state index is -0.443. The van der Waals surface area contributed by atoms with Crippen molar-refractivity contribution in [3.05, 3.63) is 18.5 Å². The number of nitrogens with one attached hydrogen (secondary N) is 2. The van der Waals surface area contributed by atoms with Crippen molar-refractivity contribution in [2.24, 2.45) is 0 Å². The van der Waals surface area contributed by atoms with Gasteiger partial charge in [-0.15, -0.1) is 0 Å².